The topological polar surface area (TPSA) is 77.3 Å². The summed E-state index contributed by atoms with van der Waals surface area (Å²) < 4.78 is 11.1. The van der Waals surface area contributed by atoms with Crippen molar-refractivity contribution >= 4 is 34.2 Å². The molecule has 0 aliphatic heterocycles. The predicted octanol–water partition coefficient (Wildman–Crippen LogP) is 4.71. The largest absolute Gasteiger partial charge is 0.486 e. The summed E-state index contributed by atoms with van der Waals surface area (Å²) in [5, 5.41) is 3.47. The van der Waals surface area contributed by atoms with E-state index in [2.05, 4.69) is 15.3 Å². The molecule has 2 heterocycles. The van der Waals surface area contributed by atoms with Crippen LogP contribution in [0.3, 0.4) is 0 Å². The van der Waals surface area contributed by atoms with E-state index in [4.69, 9.17) is 20.8 Å². The van der Waals surface area contributed by atoms with Crippen molar-refractivity contribution in [2.45, 2.75) is 6.61 Å². The van der Waals surface area contributed by atoms with E-state index in [-0.39, 0.29) is 12.5 Å². The highest BCUT2D eigenvalue weighted by Gasteiger charge is 2.16. The molecule has 0 spiro atoms. The first-order valence-electron chi connectivity index (χ1n) is 8.16. The lowest BCUT2D eigenvalue weighted by Crippen LogP contribution is -2.13. The summed E-state index contributed by atoms with van der Waals surface area (Å²) >= 11 is 5.86. The van der Waals surface area contributed by atoms with E-state index in [0.717, 1.165) is 5.52 Å². The second kappa shape index (κ2) is 7.47. The van der Waals surface area contributed by atoms with Gasteiger partial charge >= 0.3 is 0 Å². The van der Waals surface area contributed by atoms with Gasteiger partial charge < -0.3 is 14.5 Å². The number of fused-ring (bicyclic) bond motifs is 1. The van der Waals surface area contributed by atoms with Crippen LogP contribution in [0.25, 0.3) is 11.0 Å². The summed E-state index contributed by atoms with van der Waals surface area (Å²) in [7, 11) is 0. The van der Waals surface area contributed by atoms with Crippen molar-refractivity contribution in [3.63, 3.8) is 0 Å². The number of carbonyl (C=O) groups is 1. The van der Waals surface area contributed by atoms with Crippen LogP contribution in [-0.2, 0) is 6.61 Å². The lowest BCUT2D eigenvalue weighted by molar-refractivity contribution is 0.102. The van der Waals surface area contributed by atoms with E-state index in [0.29, 0.717) is 33.3 Å². The molecule has 1 N–H and O–H groups in total. The summed E-state index contributed by atoms with van der Waals surface area (Å²) in [6.07, 6.45) is 4.69. The molecule has 1 amide bonds. The van der Waals surface area contributed by atoms with Gasteiger partial charge in [0.15, 0.2) is 5.76 Å². The molecule has 27 heavy (non-hydrogen) atoms. The number of halogens is 1. The Balaban J connectivity index is 1.47. The Morgan fingerprint density at radius 2 is 1.81 bits per heavy atom. The van der Waals surface area contributed by atoms with E-state index in [9.17, 15) is 4.79 Å². The number of amides is 1. The summed E-state index contributed by atoms with van der Waals surface area (Å²) in [5.41, 5.74) is 2.49. The number of anilines is 1. The molecular weight excluding hydrogens is 366 g/mol. The first-order valence-corrected chi connectivity index (χ1v) is 8.54. The number of furan rings is 1. The van der Waals surface area contributed by atoms with E-state index in [1.165, 1.54) is 6.26 Å². The molecular formula is C20H14ClN3O3. The minimum Gasteiger partial charge on any atom is -0.486 e. The quantitative estimate of drug-likeness (QED) is 0.543. The third-order valence-electron chi connectivity index (χ3n) is 3.90. The van der Waals surface area contributed by atoms with Crippen LogP contribution in [0.1, 0.15) is 16.1 Å². The van der Waals surface area contributed by atoms with Crippen LogP contribution in [0.5, 0.6) is 5.75 Å². The maximum atomic E-state index is 12.6. The molecule has 4 rings (SSSR count). The van der Waals surface area contributed by atoms with Crippen LogP contribution < -0.4 is 10.1 Å². The molecule has 2 aromatic carbocycles. The smallest absolute Gasteiger partial charge is 0.259 e. The van der Waals surface area contributed by atoms with Gasteiger partial charge in [0.1, 0.15) is 12.4 Å². The molecule has 0 saturated heterocycles. The summed E-state index contributed by atoms with van der Waals surface area (Å²) in [4.78, 5) is 21.1. The van der Waals surface area contributed by atoms with Crippen LogP contribution >= 0.6 is 11.6 Å². The van der Waals surface area contributed by atoms with E-state index in [1.807, 2.05) is 0 Å². The van der Waals surface area contributed by atoms with Gasteiger partial charge in [-0.2, -0.15) is 0 Å². The van der Waals surface area contributed by atoms with Crippen LogP contribution in [0.15, 0.2) is 71.6 Å². The molecule has 0 aliphatic carbocycles. The Morgan fingerprint density at radius 1 is 1.04 bits per heavy atom. The maximum absolute atomic E-state index is 12.6. The molecule has 2 aromatic heterocycles. The van der Waals surface area contributed by atoms with Crippen molar-refractivity contribution in [2.24, 2.45) is 0 Å². The first kappa shape index (κ1) is 17.1. The Hall–Kier alpha value is -3.38. The second-order valence-corrected chi connectivity index (χ2v) is 6.15. The fraction of sp³-hybridized carbons (Fsp3) is 0.0500. The molecule has 7 heteroatoms. The van der Waals surface area contributed by atoms with Gasteiger partial charge in [0.2, 0.25) is 0 Å². The number of hydrogen-bond donors (Lipinski definition) is 1. The van der Waals surface area contributed by atoms with Crippen LogP contribution in [-0.4, -0.2) is 15.9 Å². The molecule has 0 atom stereocenters. The van der Waals surface area contributed by atoms with Crippen LogP contribution in [0, 0.1) is 0 Å². The summed E-state index contributed by atoms with van der Waals surface area (Å²) in [6, 6.07) is 13.9. The average molecular weight is 380 g/mol. The van der Waals surface area contributed by atoms with Gasteiger partial charge in [0.25, 0.3) is 5.91 Å². The highest BCUT2D eigenvalue weighted by Crippen LogP contribution is 2.20. The Bertz CT molecular complexity index is 1090. The first-order chi connectivity index (χ1) is 13.2. The fourth-order valence-electron chi connectivity index (χ4n) is 2.57. The van der Waals surface area contributed by atoms with Crippen molar-refractivity contribution < 1.29 is 13.9 Å². The molecule has 0 unspecified atom stereocenters. The van der Waals surface area contributed by atoms with Gasteiger partial charge in [-0.1, -0.05) is 11.6 Å². The second-order valence-electron chi connectivity index (χ2n) is 5.71. The molecule has 134 valence electrons. The molecule has 0 saturated carbocycles. The van der Waals surface area contributed by atoms with E-state index in [1.54, 1.807) is 60.9 Å². The molecule has 0 radical (unpaired) electrons. The van der Waals surface area contributed by atoms with Crippen molar-refractivity contribution in [2.75, 3.05) is 5.32 Å². The van der Waals surface area contributed by atoms with Gasteiger partial charge in [-0.15, -0.1) is 0 Å². The Kier molecular flexibility index (Phi) is 4.72. The summed E-state index contributed by atoms with van der Waals surface area (Å²) in [5.74, 6) is 0.778. The monoisotopic (exact) mass is 379 g/mol. The molecule has 0 aliphatic rings. The van der Waals surface area contributed by atoms with E-state index >= 15 is 0 Å². The standard InChI is InChI=1S/C20H14ClN3O3/c21-13-1-4-15(5-2-13)27-12-19-16(7-10-26-19)20(25)24-14-3-6-17-18(11-14)23-9-8-22-17/h1-11H,12H2,(H,24,25). The third kappa shape index (κ3) is 3.91. The number of nitrogens with one attached hydrogen (secondary N) is 1. The summed E-state index contributed by atoms with van der Waals surface area (Å²) in [6.45, 7) is 0.126. The van der Waals surface area contributed by atoms with Crippen molar-refractivity contribution in [1.29, 1.82) is 0 Å². The number of benzene rings is 2. The number of ether oxygens (including phenoxy) is 1. The van der Waals surface area contributed by atoms with Gasteiger partial charge in [-0.05, 0) is 48.5 Å². The lowest BCUT2D eigenvalue weighted by Gasteiger charge is -2.08. The van der Waals surface area contributed by atoms with Gasteiger partial charge in [0, 0.05) is 23.1 Å². The lowest BCUT2D eigenvalue weighted by atomic mass is 10.2. The van der Waals surface area contributed by atoms with E-state index < -0.39 is 0 Å². The Labute approximate surface area is 159 Å². The van der Waals surface area contributed by atoms with Crippen molar-refractivity contribution in [1.82, 2.24) is 9.97 Å². The predicted molar refractivity (Wildman–Crippen MR) is 102 cm³/mol. The number of aromatic nitrogens is 2. The van der Waals surface area contributed by atoms with Crippen LogP contribution in [0.4, 0.5) is 5.69 Å². The molecule has 4 aromatic rings. The van der Waals surface area contributed by atoms with Gasteiger partial charge in [0.05, 0.1) is 22.9 Å². The van der Waals surface area contributed by atoms with Crippen molar-refractivity contribution in [3.05, 3.63) is 83.5 Å². The minimum atomic E-state index is -0.290. The zero-order chi connectivity index (χ0) is 18.6. The van der Waals surface area contributed by atoms with Gasteiger partial charge in [-0.3, -0.25) is 14.8 Å². The average Bonchev–Trinajstić information content (AvgIpc) is 3.16. The fourth-order valence-corrected chi connectivity index (χ4v) is 2.70. The molecule has 0 fully saturated rings. The van der Waals surface area contributed by atoms with Crippen molar-refractivity contribution in [3.8, 4) is 5.75 Å². The minimum absolute atomic E-state index is 0.126. The Morgan fingerprint density at radius 3 is 2.63 bits per heavy atom. The third-order valence-corrected chi connectivity index (χ3v) is 4.15. The number of carbonyl (C=O) groups excluding carboxylic acids is 1. The van der Waals surface area contributed by atoms with Crippen LogP contribution in [0.2, 0.25) is 5.02 Å². The number of hydrogen-bond acceptors (Lipinski definition) is 5. The maximum Gasteiger partial charge on any atom is 0.259 e. The number of rotatable bonds is 5. The SMILES string of the molecule is O=C(Nc1ccc2nccnc2c1)c1ccoc1COc1ccc(Cl)cc1. The number of nitrogens with zero attached hydrogens (tertiary/aromatic N) is 2. The normalized spacial score (nSPS) is 10.7. The molecule has 0 bridgehead atoms. The highest BCUT2D eigenvalue weighted by molar-refractivity contribution is 6.30. The highest BCUT2D eigenvalue weighted by atomic mass is 35.5. The zero-order valence-corrected chi connectivity index (χ0v) is 14.8. The van der Waals surface area contributed by atoms with Gasteiger partial charge in [-0.25, -0.2) is 0 Å². The zero-order valence-electron chi connectivity index (χ0n) is 14.1. The molecule has 6 nitrogen and oxygen atoms in total.